The minimum Gasteiger partial charge on any atom is -0.356 e. The third-order valence-electron chi connectivity index (χ3n) is 3.85. The molecule has 0 radical (unpaired) electrons. The molecule has 124 valence electrons. The summed E-state index contributed by atoms with van der Waals surface area (Å²) in [6.45, 7) is 1.43. The topological polar surface area (TPSA) is 46.9 Å². The molecular weight excluding hydrogens is 318 g/mol. The Morgan fingerprint density at radius 1 is 1.12 bits per heavy atom. The molecule has 0 fully saturated rings. The lowest BCUT2D eigenvalue weighted by Gasteiger charge is -2.09. The van der Waals surface area contributed by atoms with Crippen LogP contribution in [0.1, 0.15) is 22.7 Å². The van der Waals surface area contributed by atoms with Gasteiger partial charge in [0.2, 0.25) is 5.91 Å². The Kier molecular flexibility index (Phi) is 5.80. The first-order chi connectivity index (χ1) is 11.8. The van der Waals surface area contributed by atoms with Gasteiger partial charge in [0.15, 0.2) is 0 Å². The Labute approximate surface area is 146 Å². The third kappa shape index (κ3) is 4.80. The van der Waals surface area contributed by atoms with E-state index in [9.17, 15) is 4.79 Å². The van der Waals surface area contributed by atoms with Crippen molar-refractivity contribution in [2.24, 2.45) is 0 Å². The van der Waals surface area contributed by atoms with Crippen molar-refractivity contribution in [3.63, 3.8) is 0 Å². The fourth-order valence-electron chi connectivity index (χ4n) is 2.59. The second-order valence-corrected chi connectivity index (χ2v) is 6.67. The molecule has 2 heterocycles. The fourth-order valence-corrected chi connectivity index (χ4v) is 3.29. The summed E-state index contributed by atoms with van der Waals surface area (Å²) in [5.74, 6) is 1.10. The van der Waals surface area contributed by atoms with Crippen molar-refractivity contribution in [2.75, 3.05) is 6.54 Å². The average Bonchev–Trinajstić information content (AvgIpc) is 3.26. The minimum atomic E-state index is 0.101. The first kappa shape index (κ1) is 16.5. The van der Waals surface area contributed by atoms with E-state index in [0.717, 1.165) is 25.2 Å². The molecule has 0 bridgehead atoms. The predicted molar refractivity (Wildman–Crippen MR) is 97.1 cm³/mol. The van der Waals surface area contributed by atoms with Crippen molar-refractivity contribution in [1.82, 2.24) is 14.9 Å². The molecule has 3 rings (SSSR count). The normalized spacial score (nSPS) is 10.7. The molecule has 2 aromatic heterocycles. The highest BCUT2D eigenvalue weighted by molar-refractivity contribution is 7.09. The Balaban J connectivity index is 1.43. The number of imidazole rings is 1. The van der Waals surface area contributed by atoms with Crippen LogP contribution in [0.3, 0.4) is 0 Å². The molecule has 3 aromatic rings. The van der Waals surface area contributed by atoms with Crippen molar-refractivity contribution in [1.29, 1.82) is 0 Å². The van der Waals surface area contributed by atoms with Crippen LogP contribution in [0.2, 0.25) is 0 Å². The number of rotatable bonds is 8. The number of hydrogen-bond acceptors (Lipinski definition) is 3. The second-order valence-electron chi connectivity index (χ2n) is 5.64. The summed E-state index contributed by atoms with van der Waals surface area (Å²) in [6, 6.07) is 14.4. The number of thiophene rings is 1. The molecule has 1 amide bonds. The van der Waals surface area contributed by atoms with Crippen LogP contribution in [-0.4, -0.2) is 22.0 Å². The molecule has 1 N–H and O–H groups in total. The van der Waals surface area contributed by atoms with E-state index >= 15 is 0 Å². The van der Waals surface area contributed by atoms with Gasteiger partial charge >= 0.3 is 0 Å². The number of amides is 1. The Morgan fingerprint density at radius 2 is 2.00 bits per heavy atom. The summed E-state index contributed by atoms with van der Waals surface area (Å²) in [6.07, 6.45) is 5.90. The van der Waals surface area contributed by atoms with Gasteiger partial charge in [-0.2, -0.15) is 0 Å². The molecule has 5 heteroatoms. The molecule has 0 saturated heterocycles. The van der Waals surface area contributed by atoms with Crippen LogP contribution in [0.5, 0.6) is 0 Å². The van der Waals surface area contributed by atoms with Crippen LogP contribution in [0, 0.1) is 0 Å². The molecule has 0 saturated carbocycles. The molecule has 0 aliphatic carbocycles. The Bertz CT molecular complexity index is 750. The largest absolute Gasteiger partial charge is 0.356 e. The zero-order chi connectivity index (χ0) is 16.6. The lowest BCUT2D eigenvalue weighted by molar-refractivity contribution is -0.121. The number of aromatic nitrogens is 2. The van der Waals surface area contributed by atoms with E-state index in [-0.39, 0.29) is 5.91 Å². The molecule has 0 spiro atoms. The van der Waals surface area contributed by atoms with E-state index in [1.165, 1.54) is 10.4 Å². The zero-order valence-corrected chi connectivity index (χ0v) is 14.3. The number of hydrogen-bond donors (Lipinski definition) is 1. The number of aryl methyl sites for hydroxylation is 1. The molecular formula is C19H21N3OS. The number of carbonyl (C=O) groups excluding carboxylic acids is 1. The molecule has 4 nitrogen and oxygen atoms in total. The molecule has 24 heavy (non-hydrogen) atoms. The van der Waals surface area contributed by atoms with Gasteiger partial charge < -0.3 is 9.88 Å². The lowest BCUT2D eigenvalue weighted by atomic mass is 10.2. The summed E-state index contributed by atoms with van der Waals surface area (Å²) < 4.78 is 2.13. The quantitative estimate of drug-likeness (QED) is 0.684. The second kappa shape index (κ2) is 8.45. The van der Waals surface area contributed by atoms with Crippen LogP contribution in [-0.2, 0) is 24.2 Å². The monoisotopic (exact) mass is 339 g/mol. The highest BCUT2D eigenvalue weighted by Crippen LogP contribution is 2.10. The van der Waals surface area contributed by atoms with E-state index in [0.29, 0.717) is 13.0 Å². The summed E-state index contributed by atoms with van der Waals surface area (Å²) in [5.41, 5.74) is 1.25. The minimum absolute atomic E-state index is 0.101. The van der Waals surface area contributed by atoms with E-state index in [4.69, 9.17) is 0 Å². The van der Waals surface area contributed by atoms with Crippen LogP contribution < -0.4 is 5.32 Å². The highest BCUT2D eigenvalue weighted by atomic mass is 32.1. The van der Waals surface area contributed by atoms with Gasteiger partial charge in [-0.1, -0.05) is 36.4 Å². The average molecular weight is 339 g/mol. The van der Waals surface area contributed by atoms with Crippen LogP contribution in [0.15, 0.2) is 60.2 Å². The van der Waals surface area contributed by atoms with Gasteiger partial charge in [-0.05, 0) is 23.4 Å². The number of nitrogens with one attached hydrogen (secondary N) is 1. The predicted octanol–water partition coefficient (Wildman–Crippen LogP) is 3.28. The van der Waals surface area contributed by atoms with Gasteiger partial charge in [-0.25, -0.2) is 4.98 Å². The Morgan fingerprint density at radius 3 is 2.79 bits per heavy atom. The molecule has 0 aliphatic heterocycles. The van der Waals surface area contributed by atoms with Crippen molar-refractivity contribution >= 4 is 17.2 Å². The van der Waals surface area contributed by atoms with E-state index in [2.05, 4.69) is 33.1 Å². The van der Waals surface area contributed by atoms with E-state index in [1.807, 2.05) is 42.0 Å². The highest BCUT2D eigenvalue weighted by Gasteiger charge is 2.06. The van der Waals surface area contributed by atoms with E-state index in [1.54, 1.807) is 11.3 Å². The first-order valence-electron chi connectivity index (χ1n) is 8.14. The van der Waals surface area contributed by atoms with Crippen LogP contribution >= 0.6 is 11.3 Å². The molecule has 0 atom stereocenters. The van der Waals surface area contributed by atoms with Crippen molar-refractivity contribution in [2.45, 2.75) is 25.8 Å². The van der Waals surface area contributed by atoms with Gasteiger partial charge in [0.25, 0.3) is 0 Å². The third-order valence-corrected chi connectivity index (χ3v) is 4.78. The van der Waals surface area contributed by atoms with Gasteiger partial charge in [-0.3, -0.25) is 4.79 Å². The molecule has 1 aromatic carbocycles. The van der Waals surface area contributed by atoms with Crippen molar-refractivity contribution in [3.05, 3.63) is 76.5 Å². The number of nitrogens with zero attached hydrogens (tertiary/aromatic N) is 2. The van der Waals surface area contributed by atoms with Crippen LogP contribution in [0.4, 0.5) is 0 Å². The summed E-state index contributed by atoms with van der Waals surface area (Å²) >= 11 is 1.70. The standard InChI is InChI=1S/C19H21N3OS/c23-19(9-8-17-7-4-14-24-17)21-11-10-18-20-12-13-22(18)15-16-5-2-1-3-6-16/h1-7,12-14H,8-11,15H2,(H,21,23). The maximum atomic E-state index is 11.9. The smallest absolute Gasteiger partial charge is 0.220 e. The molecule has 0 unspecified atom stereocenters. The summed E-state index contributed by atoms with van der Waals surface area (Å²) in [5, 5.41) is 5.03. The summed E-state index contributed by atoms with van der Waals surface area (Å²) in [7, 11) is 0. The van der Waals surface area contributed by atoms with Gasteiger partial charge in [0.1, 0.15) is 5.82 Å². The molecule has 0 aliphatic rings. The van der Waals surface area contributed by atoms with E-state index < -0.39 is 0 Å². The zero-order valence-electron chi connectivity index (χ0n) is 13.5. The van der Waals surface area contributed by atoms with Gasteiger partial charge in [-0.15, -0.1) is 11.3 Å². The van der Waals surface area contributed by atoms with Crippen molar-refractivity contribution in [3.8, 4) is 0 Å². The number of benzene rings is 1. The van der Waals surface area contributed by atoms with Gasteiger partial charge in [0.05, 0.1) is 0 Å². The first-order valence-corrected chi connectivity index (χ1v) is 9.02. The maximum absolute atomic E-state index is 11.9. The summed E-state index contributed by atoms with van der Waals surface area (Å²) in [4.78, 5) is 17.6. The lowest BCUT2D eigenvalue weighted by Crippen LogP contribution is -2.26. The number of carbonyl (C=O) groups is 1. The maximum Gasteiger partial charge on any atom is 0.220 e. The SMILES string of the molecule is O=C(CCc1cccs1)NCCc1nccn1Cc1ccccc1. The van der Waals surface area contributed by atoms with Gasteiger partial charge in [0, 0.05) is 43.2 Å². The fraction of sp³-hybridized carbons (Fsp3) is 0.263. The Hall–Kier alpha value is -2.40. The van der Waals surface area contributed by atoms with Crippen LogP contribution in [0.25, 0.3) is 0 Å². The van der Waals surface area contributed by atoms with Crippen molar-refractivity contribution < 1.29 is 4.79 Å².